The van der Waals surface area contributed by atoms with Gasteiger partial charge in [-0.25, -0.2) is 8.42 Å². The van der Waals surface area contributed by atoms with Gasteiger partial charge in [-0.05, 0) is 62.4 Å². The van der Waals surface area contributed by atoms with E-state index in [4.69, 9.17) is 4.74 Å². The highest BCUT2D eigenvalue weighted by Crippen LogP contribution is 2.28. The smallest absolute Gasteiger partial charge is 0.279 e. The molecule has 0 fully saturated rings. The van der Waals surface area contributed by atoms with Gasteiger partial charge in [-0.3, -0.25) is 9.10 Å². The van der Waals surface area contributed by atoms with Crippen molar-refractivity contribution in [1.29, 1.82) is 0 Å². The van der Waals surface area contributed by atoms with Crippen LogP contribution in [0.25, 0.3) is 10.2 Å². The maximum absolute atomic E-state index is 13.0. The summed E-state index contributed by atoms with van der Waals surface area (Å²) in [5, 5.41) is 0. The summed E-state index contributed by atoms with van der Waals surface area (Å²) in [7, 11) is -2.26. The van der Waals surface area contributed by atoms with Crippen LogP contribution in [-0.4, -0.2) is 32.5 Å². The molecule has 176 valence electrons. The zero-order valence-electron chi connectivity index (χ0n) is 19.1. The van der Waals surface area contributed by atoms with Crippen LogP contribution in [0.15, 0.2) is 82.7 Å². The molecule has 1 amide bonds. The number of fused-ring (bicyclic) bond motifs is 1. The molecule has 34 heavy (non-hydrogen) atoms. The number of aromatic nitrogens is 1. The Bertz CT molecular complexity index is 1490. The summed E-state index contributed by atoms with van der Waals surface area (Å²) in [6.07, 6.45) is 0. The molecule has 0 spiro atoms. The van der Waals surface area contributed by atoms with Crippen LogP contribution < -0.4 is 13.8 Å². The fraction of sp³-hybridized carbons (Fsp3) is 0.200. The number of nitrogens with zero attached hydrogens (tertiary/aromatic N) is 3. The van der Waals surface area contributed by atoms with Crippen molar-refractivity contribution in [3.8, 4) is 5.75 Å². The van der Waals surface area contributed by atoms with Crippen LogP contribution in [-0.2, 0) is 16.6 Å². The van der Waals surface area contributed by atoms with E-state index in [-0.39, 0.29) is 4.90 Å². The van der Waals surface area contributed by atoms with E-state index in [0.29, 0.717) is 29.2 Å². The molecular weight excluding hydrogens is 470 g/mol. The first kappa shape index (κ1) is 23.7. The normalized spacial score (nSPS) is 12.1. The van der Waals surface area contributed by atoms with Gasteiger partial charge in [-0.15, -0.1) is 0 Å². The lowest BCUT2D eigenvalue weighted by molar-refractivity contribution is 0.0997. The molecule has 3 aromatic carbocycles. The summed E-state index contributed by atoms with van der Waals surface area (Å²) < 4.78 is 35.9. The number of carbonyl (C=O) groups is 1. The Morgan fingerprint density at radius 1 is 1.00 bits per heavy atom. The number of para-hydroxylation sites is 2. The Balaban J connectivity index is 1.66. The fourth-order valence-corrected chi connectivity index (χ4v) is 5.91. The highest BCUT2D eigenvalue weighted by molar-refractivity contribution is 7.92. The van der Waals surface area contributed by atoms with Gasteiger partial charge < -0.3 is 9.30 Å². The van der Waals surface area contributed by atoms with E-state index in [1.165, 1.54) is 47.0 Å². The Kier molecular flexibility index (Phi) is 6.85. The zero-order valence-corrected chi connectivity index (χ0v) is 20.8. The summed E-state index contributed by atoms with van der Waals surface area (Å²) in [6.45, 7) is 5.08. The molecule has 0 atom stereocenters. The summed E-state index contributed by atoms with van der Waals surface area (Å²) in [5.41, 5.74) is 1.78. The average molecular weight is 496 g/mol. The Morgan fingerprint density at radius 3 is 2.35 bits per heavy atom. The molecule has 4 rings (SSSR count). The minimum Gasteiger partial charge on any atom is -0.492 e. The fourth-order valence-electron chi connectivity index (χ4n) is 3.60. The molecule has 0 unspecified atom stereocenters. The van der Waals surface area contributed by atoms with Crippen molar-refractivity contribution in [2.45, 2.75) is 25.3 Å². The highest BCUT2D eigenvalue weighted by Gasteiger charge is 2.21. The molecule has 0 aliphatic rings. The molecule has 0 bridgehead atoms. The molecule has 4 aromatic rings. The number of benzene rings is 3. The lowest BCUT2D eigenvalue weighted by Gasteiger charge is -2.19. The third kappa shape index (κ3) is 4.49. The van der Waals surface area contributed by atoms with Gasteiger partial charge in [0.2, 0.25) is 0 Å². The van der Waals surface area contributed by atoms with E-state index in [1.54, 1.807) is 24.3 Å². The van der Waals surface area contributed by atoms with Crippen molar-refractivity contribution in [1.82, 2.24) is 4.57 Å². The quantitative estimate of drug-likeness (QED) is 0.373. The van der Waals surface area contributed by atoms with Gasteiger partial charge in [0, 0.05) is 19.2 Å². The van der Waals surface area contributed by atoms with Gasteiger partial charge in [0.1, 0.15) is 11.3 Å². The van der Waals surface area contributed by atoms with Crippen LogP contribution in [0, 0.1) is 0 Å². The standard InChI is InChI=1S/C25H25N3O4S2/c1-4-28-23-21(32-5-2)12-9-13-22(23)33-25(28)26-24(29)18-14-16-20(17-15-18)34(30,31)27(3)19-10-7-6-8-11-19/h6-17H,4-5H2,1-3H3. The summed E-state index contributed by atoms with van der Waals surface area (Å²) in [6, 6.07) is 20.5. The lowest BCUT2D eigenvalue weighted by Crippen LogP contribution is -2.26. The van der Waals surface area contributed by atoms with E-state index in [1.807, 2.05) is 42.7 Å². The van der Waals surface area contributed by atoms with Crippen LogP contribution in [0.3, 0.4) is 0 Å². The van der Waals surface area contributed by atoms with Gasteiger partial charge in [-0.2, -0.15) is 4.99 Å². The first-order chi connectivity index (χ1) is 16.4. The molecular formula is C25H25N3O4S2. The number of aryl methyl sites for hydroxylation is 1. The van der Waals surface area contributed by atoms with E-state index in [0.717, 1.165) is 16.0 Å². The molecule has 7 nitrogen and oxygen atoms in total. The number of sulfonamides is 1. The van der Waals surface area contributed by atoms with E-state index in [2.05, 4.69) is 4.99 Å². The second kappa shape index (κ2) is 9.82. The number of rotatable bonds is 7. The Hall–Kier alpha value is -3.43. The first-order valence-corrected chi connectivity index (χ1v) is 13.1. The Labute approximate surface area is 202 Å². The maximum atomic E-state index is 13.0. The summed E-state index contributed by atoms with van der Waals surface area (Å²) in [5.74, 6) is 0.316. The van der Waals surface area contributed by atoms with Gasteiger partial charge in [0.15, 0.2) is 4.80 Å². The van der Waals surface area contributed by atoms with Crippen LogP contribution in [0.4, 0.5) is 5.69 Å². The van der Waals surface area contributed by atoms with E-state index < -0.39 is 15.9 Å². The van der Waals surface area contributed by atoms with Gasteiger partial charge in [0.25, 0.3) is 15.9 Å². The van der Waals surface area contributed by atoms with Crippen molar-refractivity contribution in [3.63, 3.8) is 0 Å². The minimum atomic E-state index is -3.76. The maximum Gasteiger partial charge on any atom is 0.279 e. The molecule has 0 saturated heterocycles. The molecule has 0 aliphatic carbocycles. The predicted molar refractivity (Wildman–Crippen MR) is 135 cm³/mol. The first-order valence-electron chi connectivity index (χ1n) is 10.8. The monoisotopic (exact) mass is 495 g/mol. The molecule has 0 N–H and O–H groups in total. The van der Waals surface area contributed by atoms with Crippen molar-refractivity contribution < 1.29 is 17.9 Å². The number of thiazole rings is 1. The van der Waals surface area contributed by atoms with Crippen LogP contribution in [0.5, 0.6) is 5.75 Å². The van der Waals surface area contributed by atoms with E-state index >= 15 is 0 Å². The number of hydrogen-bond donors (Lipinski definition) is 0. The SMILES string of the molecule is CCOc1cccc2sc(=NC(=O)c3ccc(S(=O)(=O)N(C)c4ccccc4)cc3)n(CC)c12. The van der Waals surface area contributed by atoms with Crippen LogP contribution in [0.1, 0.15) is 24.2 Å². The Morgan fingerprint density at radius 2 is 1.71 bits per heavy atom. The number of amides is 1. The number of anilines is 1. The van der Waals surface area contributed by atoms with Crippen LogP contribution in [0.2, 0.25) is 0 Å². The third-order valence-corrected chi connectivity index (χ3v) is 8.20. The summed E-state index contributed by atoms with van der Waals surface area (Å²) >= 11 is 1.41. The summed E-state index contributed by atoms with van der Waals surface area (Å²) in [4.78, 5) is 17.9. The second-order valence-corrected chi connectivity index (χ2v) is 10.4. The molecule has 0 aliphatic heterocycles. The molecule has 9 heteroatoms. The number of ether oxygens (including phenoxy) is 1. The molecule has 1 aromatic heterocycles. The third-order valence-electron chi connectivity index (χ3n) is 5.36. The van der Waals surface area contributed by atoms with Crippen molar-refractivity contribution in [2.75, 3.05) is 18.0 Å². The van der Waals surface area contributed by atoms with E-state index in [9.17, 15) is 13.2 Å². The van der Waals surface area contributed by atoms with Gasteiger partial charge >= 0.3 is 0 Å². The number of carbonyl (C=O) groups excluding carboxylic acids is 1. The highest BCUT2D eigenvalue weighted by atomic mass is 32.2. The molecule has 0 radical (unpaired) electrons. The molecule has 1 heterocycles. The average Bonchev–Trinajstić information content (AvgIpc) is 3.22. The van der Waals surface area contributed by atoms with Crippen molar-refractivity contribution in [2.24, 2.45) is 4.99 Å². The molecule has 0 saturated carbocycles. The van der Waals surface area contributed by atoms with Crippen LogP contribution >= 0.6 is 11.3 Å². The predicted octanol–water partition coefficient (Wildman–Crippen LogP) is 4.69. The van der Waals surface area contributed by atoms with Crippen molar-refractivity contribution in [3.05, 3.63) is 83.2 Å². The minimum absolute atomic E-state index is 0.0993. The van der Waals surface area contributed by atoms with Gasteiger partial charge in [0.05, 0.1) is 21.9 Å². The number of hydrogen-bond acceptors (Lipinski definition) is 5. The van der Waals surface area contributed by atoms with Crippen molar-refractivity contribution >= 4 is 43.2 Å². The zero-order chi connectivity index (χ0) is 24.3. The topological polar surface area (TPSA) is 81.0 Å². The van der Waals surface area contributed by atoms with Gasteiger partial charge in [-0.1, -0.05) is 35.6 Å². The second-order valence-electron chi connectivity index (χ2n) is 7.41. The lowest BCUT2D eigenvalue weighted by atomic mass is 10.2. The largest absolute Gasteiger partial charge is 0.492 e.